The van der Waals surface area contributed by atoms with E-state index in [2.05, 4.69) is 28.7 Å². The van der Waals surface area contributed by atoms with Crippen molar-refractivity contribution in [2.75, 3.05) is 32.2 Å². The normalized spacial score (nSPS) is 10.3. The van der Waals surface area contributed by atoms with E-state index in [1.807, 2.05) is 24.3 Å². The summed E-state index contributed by atoms with van der Waals surface area (Å²) in [7, 11) is 3.25. The van der Waals surface area contributed by atoms with Gasteiger partial charge in [0.25, 0.3) is 0 Å². The molecule has 21 heavy (non-hydrogen) atoms. The molecular weight excluding hydrogens is 266 g/mol. The summed E-state index contributed by atoms with van der Waals surface area (Å²) in [5.74, 6) is 2.33. The maximum Gasteiger partial charge on any atom is 0.161 e. The molecule has 112 valence electrons. The van der Waals surface area contributed by atoms with Gasteiger partial charge in [-0.1, -0.05) is 0 Å². The molecule has 1 aromatic carbocycles. The molecule has 0 fully saturated rings. The summed E-state index contributed by atoms with van der Waals surface area (Å²) in [5, 5.41) is 0. The molecule has 0 bridgehead atoms. The minimum Gasteiger partial charge on any atom is -0.493 e. The van der Waals surface area contributed by atoms with Crippen LogP contribution in [0.1, 0.15) is 13.8 Å². The highest BCUT2D eigenvalue weighted by atomic mass is 16.5. The topological polar surface area (TPSA) is 47.5 Å². The summed E-state index contributed by atoms with van der Waals surface area (Å²) in [6.45, 7) is 6.06. The molecule has 0 radical (unpaired) electrons. The number of rotatable bonds is 6. The molecule has 0 aliphatic heterocycles. The van der Waals surface area contributed by atoms with Gasteiger partial charge >= 0.3 is 0 Å². The van der Waals surface area contributed by atoms with Gasteiger partial charge in [-0.2, -0.15) is 0 Å². The van der Waals surface area contributed by atoms with Crippen molar-refractivity contribution in [1.29, 1.82) is 0 Å². The molecule has 0 saturated carbocycles. The van der Waals surface area contributed by atoms with Crippen LogP contribution in [-0.2, 0) is 0 Å². The maximum atomic E-state index is 5.34. The molecule has 5 nitrogen and oxygen atoms in total. The highest BCUT2D eigenvalue weighted by Gasteiger charge is 2.10. The van der Waals surface area contributed by atoms with Gasteiger partial charge in [-0.3, -0.25) is 0 Å². The minimum atomic E-state index is 0.693. The molecular formula is C16H21N3O2. The predicted octanol–water partition coefficient (Wildman–Crippen LogP) is 3.01. The van der Waals surface area contributed by atoms with E-state index in [9.17, 15) is 0 Å². The van der Waals surface area contributed by atoms with E-state index in [-0.39, 0.29) is 0 Å². The van der Waals surface area contributed by atoms with Crippen LogP contribution in [-0.4, -0.2) is 37.3 Å². The van der Waals surface area contributed by atoms with E-state index in [0.717, 1.165) is 30.2 Å². The fraction of sp³-hybridized carbons (Fsp3) is 0.375. The molecule has 0 atom stereocenters. The van der Waals surface area contributed by atoms with E-state index in [1.54, 1.807) is 20.5 Å². The predicted molar refractivity (Wildman–Crippen MR) is 84.1 cm³/mol. The third-order valence-corrected chi connectivity index (χ3v) is 3.42. The summed E-state index contributed by atoms with van der Waals surface area (Å²) in [5.41, 5.74) is 1.84. The highest BCUT2D eigenvalue weighted by Crippen LogP contribution is 2.32. The monoisotopic (exact) mass is 287 g/mol. The smallest absolute Gasteiger partial charge is 0.161 e. The third-order valence-electron chi connectivity index (χ3n) is 3.42. The summed E-state index contributed by atoms with van der Waals surface area (Å²) in [6.07, 6.45) is 1.60. The molecule has 0 aliphatic rings. The molecule has 0 aliphatic carbocycles. The standard InChI is InChI=1S/C16H21N3O2/c1-5-19(6-2)16-10-13(17-11-18-16)12-7-8-14(20-3)15(9-12)21-4/h7-11H,5-6H2,1-4H3. The van der Waals surface area contributed by atoms with Crippen molar-refractivity contribution in [3.05, 3.63) is 30.6 Å². The number of hydrogen-bond donors (Lipinski definition) is 0. The third kappa shape index (κ3) is 3.24. The van der Waals surface area contributed by atoms with Crippen LogP contribution >= 0.6 is 0 Å². The van der Waals surface area contributed by atoms with Gasteiger partial charge < -0.3 is 14.4 Å². The summed E-state index contributed by atoms with van der Waals surface area (Å²) < 4.78 is 10.6. The Bertz CT molecular complexity index is 598. The average molecular weight is 287 g/mol. The first-order chi connectivity index (χ1) is 10.2. The number of methoxy groups -OCH3 is 2. The zero-order chi connectivity index (χ0) is 15.2. The Morgan fingerprint density at radius 1 is 0.952 bits per heavy atom. The highest BCUT2D eigenvalue weighted by molar-refractivity contribution is 5.66. The number of aromatic nitrogens is 2. The summed E-state index contributed by atoms with van der Waals surface area (Å²) >= 11 is 0. The minimum absolute atomic E-state index is 0.693. The molecule has 1 aromatic heterocycles. The van der Waals surface area contributed by atoms with Gasteiger partial charge in [0.15, 0.2) is 11.5 Å². The first-order valence-corrected chi connectivity index (χ1v) is 7.02. The lowest BCUT2D eigenvalue weighted by Gasteiger charge is -2.19. The van der Waals surface area contributed by atoms with Crippen LogP contribution in [0.25, 0.3) is 11.3 Å². The van der Waals surface area contributed by atoms with Gasteiger partial charge in [-0.05, 0) is 32.0 Å². The largest absolute Gasteiger partial charge is 0.493 e. The SMILES string of the molecule is CCN(CC)c1cc(-c2ccc(OC)c(OC)c2)ncn1. The lowest BCUT2D eigenvalue weighted by Crippen LogP contribution is -2.22. The Morgan fingerprint density at radius 3 is 2.29 bits per heavy atom. The van der Waals surface area contributed by atoms with Gasteiger partial charge in [0.2, 0.25) is 0 Å². The van der Waals surface area contributed by atoms with Crippen molar-refractivity contribution < 1.29 is 9.47 Å². The van der Waals surface area contributed by atoms with Crippen molar-refractivity contribution in [3.8, 4) is 22.8 Å². The van der Waals surface area contributed by atoms with Gasteiger partial charge in [0.05, 0.1) is 19.9 Å². The first kappa shape index (κ1) is 15.1. The van der Waals surface area contributed by atoms with Crippen molar-refractivity contribution >= 4 is 5.82 Å². The van der Waals surface area contributed by atoms with E-state index < -0.39 is 0 Å². The molecule has 0 unspecified atom stereocenters. The Labute approximate surface area is 125 Å². The lowest BCUT2D eigenvalue weighted by atomic mass is 10.1. The van der Waals surface area contributed by atoms with E-state index in [0.29, 0.717) is 11.5 Å². The molecule has 2 aromatic rings. The number of nitrogens with zero attached hydrogens (tertiary/aromatic N) is 3. The molecule has 0 N–H and O–H groups in total. The zero-order valence-corrected chi connectivity index (χ0v) is 13.0. The van der Waals surface area contributed by atoms with Crippen molar-refractivity contribution in [2.45, 2.75) is 13.8 Å². The van der Waals surface area contributed by atoms with Crippen LogP contribution in [0.3, 0.4) is 0 Å². The first-order valence-electron chi connectivity index (χ1n) is 7.02. The van der Waals surface area contributed by atoms with Crippen molar-refractivity contribution in [3.63, 3.8) is 0 Å². The quantitative estimate of drug-likeness (QED) is 0.817. The van der Waals surface area contributed by atoms with Gasteiger partial charge in [-0.25, -0.2) is 9.97 Å². The van der Waals surface area contributed by atoms with Gasteiger partial charge in [0.1, 0.15) is 12.1 Å². The number of anilines is 1. The summed E-state index contributed by atoms with van der Waals surface area (Å²) in [6, 6.07) is 7.77. The fourth-order valence-electron chi connectivity index (χ4n) is 2.22. The molecule has 2 rings (SSSR count). The Hall–Kier alpha value is -2.30. The van der Waals surface area contributed by atoms with Crippen molar-refractivity contribution in [2.24, 2.45) is 0 Å². The van der Waals surface area contributed by atoms with Crippen LogP contribution in [0.15, 0.2) is 30.6 Å². The van der Waals surface area contributed by atoms with Crippen LogP contribution in [0.4, 0.5) is 5.82 Å². The molecule has 1 heterocycles. The maximum absolute atomic E-state index is 5.34. The number of hydrogen-bond acceptors (Lipinski definition) is 5. The van der Waals surface area contributed by atoms with E-state index in [4.69, 9.17) is 9.47 Å². The van der Waals surface area contributed by atoms with Crippen LogP contribution in [0.2, 0.25) is 0 Å². The molecule has 5 heteroatoms. The lowest BCUT2D eigenvalue weighted by molar-refractivity contribution is 0.355. The van der Waals surface area contributed by atoms with E-state index >= 15 is 0 Å². The van der Waals surface area contributed by atoms with Gasteiger partial charge in [-0.15, -0.1) is 0 Å². The summed E-state index contributed by atoms with van der Waals surface area (Å²) in [4.78, 5) is 10.9. The molecule has 0 saturated heterocycles. The average Bonchev–Trinajstić information content (AvgIpc) is 2.55. The Morgan fingerprint density at radius 2 is 1.67 bits per heavy atom. The van der Waals surface area contributed by atoms with Gasteiger partial charge in [0, 0.05) is 24.7 Å². The Kier molecular flexibility index (Phi) is 4.98. The Balaban J connectivity index is 2.40. The second-order valence-electron chi connectivity index (χ2n) is 4.50. The second kappa shape index (κ2) is 6.92. The van der Waals surface area contributed by atoms with Crippen LogP contribution < -0.4 is 14.4 Å². The molecule has 0 spiro atoms. The zero-order valence-electron chi connectivity index (χ0n) is 13.0. The second-order valence-corrected chi connectivity index (χ2v) is 4.50. The number of ether oxygens (including phenoxy) is 2. The van der Waals surface area contributed by atoms with E-state index in [1.165, 1.54) is 0 Å². The fourth-order valence-corrected chi connectivity index (χ4v) is 2.22. The van der Waals surface area contributed by atoms with Crippen LogP contribution in [0, 0.1) is 0 Å². The van der Waals surface area contributed by atoms with Crippen molar-refractivity contribution in [1.82, 2.24) is 9.97 Å². The van der Waals surface area contributed by atoms with Crippen LogP contribution in [0.5, 0.6) is 11.5 Å². The number of benzene rings is 1. The molecule has 0 amide bonds.